The zero-order chi connectivity index (χ0) is 12.5. The van der Waals surface area contributed by atoms with E-state index in [2.05, 4.69) is 47.8 Å². The highest BCUT2D eigenvalue weighted by Crippen LogP contribution is 2.40. The summed E-state index contributed by atoms with van der Waals surface area (Å²) in [6, 6.07) is 1.80. The molecule has 0 aliphatic heterocycles. The molecule has 17 heavy (non-hydrogen) atoms. The van der Waals surface area contributed by atoms with Crippen LogP contribution in [0.1, 0.15) is 25.7 Å². The predicted octanol–water partition coefficient (Wildman–Crippen LogP) is 4.33. The summed E-state index contributed by atoms with van der Waals surface area (Å²) >= 11 is 10.4. The molecule has 0 N–H and O–H groups in total. The van der Waals surface area contributed by atoms with E-state index in [9.17, 15) is 4.79 Å². The van der Waals surface area contributed by atoms with Gasteiger partial charge in [0.2, 0.25) is 0 Å². The average molecular weight is 428 g/mol. The second-order valence-electron chi connectivity index (χ2n) is 4.78. The number of hydrogen-bond donors (Lipinski definition) is 0. The second kappa shape index (κ2) is 5.57. The van der Waals surface area contributed by atoms with Crippen LogP contribution in [0.15, 0.2) is 26.0 Å². The molecule has 0 atom stereocenters. The maximum Gasteiger partial charge on any atom is 0.264 e. The molecule has 1 aromatic heterocycles. The van der Waals surface area contributed by atoms with Gasteiger partial charge in [-0.1, -0.05) is 28.8 Å². The monoisotopic (exact) mass is 425 g/mol. The van der Waals surface area contributed by atoms with Crippen LogP contribution in [0.25, 0.3) is 0 Å². The van der Waals surface area contributed by atoms with Gasteiger partial charge in [0.05, 0.1) is 4.47 Å². The molecule has 1 fully saturated rings. The van der Waals surface area contributed by atoms with Gasteiger partial charge in [-0.05, 0) is 56.2 Å². The van der Waals surface area contributed by atoms with Crippen molar-refractivity contribution in [2.75, 3.05) is 5.33 Å². The number of nitrogens with zero attached hydrogens (tertiary/aromatic N) is 1. The fraction of sp³-hybridized carbons (Fsp3) is 0.583. The summed E-state index contributed by atoms with van der Waals surface area (Å²) in [7, 11) is 0. The SMILES string of the molecule is O=c1c(Br)cc(Br)cn1CC1(CBr)CCCC1. The van der Waals surface area contributed by atoms with Crippen molar-refractivity contribution in [3.8, 4) is 0 Å². The van der Waals surface area contributed by atoms with Crippen LogP contribution in [-0.2, 0) is 6.54 Å². The third-order valence-electron chi connectivity index (χ3n) is 3.46. The topological polar surface area (TPSA) is 22.0 Å². The van der Waals surface area contributed by atoms with Gasteiger partial charge in [-0.15, -0.1) is 0 Å². The van der Waals surface area contributed by atoms with Gasteiger partial charge in [0.15, 0.2) is 0 Å². The lowest BCUT2D eigenvalue weighted by molar-refractivity contribution is 0.287. The minimum atomic E-state index is 0.0559. The Bertz CT molecular complexity index is 463. The largest absolute Gasteiger partial charge is 0.313 e. The molecule has 0 unspecified atom stereocenters. The summed E-state index contributed by atoms with van der Waals surface area (Å²) in [5.74, 6) is 0. The van der Waals surface area contributed by atoms with E-state index >= 15 is 0 Å². The number of hydrogen-bond acceptors (Lipinski definition) is 1. The Morgan fingerprint density at radius 1 is 1.29 bits per heavy atom. The van der Waals surface area contributed by atoms with Crippen LogP contribution in [0.4, 0.5) is 0 Å². The Morgan fingerprint density at radius 2 is 1.94 bits per heavy atom. The van der Waals surface area contributed by atoms with E-state index in [0.717, 1.165) is 16.3 Å². The molecule has 0 radical (unpaired) electrons. The smallest absolute Gasteiger partial charge is 0.264 e. The molecule has 0 spiro atoms. The van der Waals surface area contributed by atoms with Crippen LogP contribution in [0, 0.1) is 5.41 Å². The quantitative estimate of drug-likeness (QED) is 0.658. The van der Waals surface area contributed by atoms with Crippen molar-refractivity contribution in [1.82, 2.24) is 4.57 Å². The summed E-state index contributed by atoms with van der Waals surface area (Å²) in [5, 5.41) is 0.969. The summed E-state index contributed by atoms with van der Waals surface area (Å²) in [4.78, 5) is 12.0. The summed E-state index contributed by atoms with van der Waals surface area (Å²) < 4.78 is 3.38. The number of aromatic nitrogens is 1. The molecule has 1 aromatic rings. The molecular formula is C12H14Br3NO. The zero-order valence-electron chi connectivity index (χ0n) is 9.39. The van der Waals surface area contributed by atoms with Crippen molar-refractivity contribution in [3.05, 3.63) is 31.6 Å². The van der Waals surface area contributed by atoms with Crippen molar-refractivity contribution in [1.29, 1.82) is 0 Å². The van der Waals surface area contributed by atoms with Crippen molar-refractivity contribution >= 4 is 47.8 Å². The van der Waals surface area contributed by atoms with Gasteiger partial charge in [0, 0.05) is 22.5 Å². The fourth-order valence-corrected chi connectivity index (χ4v) is 4.50. The number of halogens is 3. The van der Waals surface area contributed by atoms with Gasteiger partial charge in [-0.25, -0.2) is 0 Å². The van der Waals surface area contributed by atoms with E-state index in [1.807, 2.05) is 10.8 Å². The lowest BCUT2D eigenvalue weighted by atomic mass is 9.88. The van der Waals surface area contributed by atoms with Crippen molar-refractivity contribution in [3.63, 3.8) is 0 Å². The highest BCUT2D eigenvalue weighted by molar-refractivity contribution is 9.11. The second-order valence-corrected chi connectivity index (χ2v) is 7.11. The summed E-state index contributed by atoms with van der Waals surface area (Å²) in [6.45, 7) is 0.801. The Labute approximate surface area is 126 Å². The first kappa shape index (κ1) is 13.8. The summed E-state index contributed by atoms with van der Waals surface area (Å²) in [6.07, 6.45) is 6.84. The van der Waals surface area contributed by atoms with Crippen LogP contribution in [-0.4, -0.2) is 9.90 Å². The molecule has 2 rings (SSSR count). The standard InChI is InChI=1S/C12H14Br3NO/c13-7-12(3-1-2-4-12)8-16-6-9(14)5-10(15)11(16)17/h5-6H,1-4,7-8H2. The number of rotatable bonds is 3. The van der Waals surface area contributed by atoms with Crippen LogP contribution in [0.3, 0.4) is 0 Å². The highest BCUT2D eigenvalue weighted by Gasteiger charge is 2.33. The molecular weight excluding hydrogens is 414 g/mol. The molecule has 0 amide bonds. The van der Waals surface area contributed by atoms with Crippen molar-refractivity contribution < 1.29 is 0 Å². The van der Waals surface area contributed by atoms with E-state index in [0.29, 0.717) is 4.47 Å². The minimum absolute atomic E-state index is 0.0559. The first-order valence-corrected chi connectivity index (χ1v) is 8.39. The molecule has 1 aliphatic carbocycles. The third kappa shape index (κ3) is 3.04. The van der Waals surface area contributed by atoms with E-state index in [-0.39, 0.29) is 11.0 Å². The molecule has 0 saturated heterocycles. The Morgan fingerprint density at radius 3 is 2.53 bits per heavy atom. The Balaban J connectivity index is 2.32. The molecule has 94 valence electrons. The van der Waals surface area contributed by atoms with Crippen LogP contribution in [0.5, 0.6) is 0 Å². The molecule has 2 nitrogen and oxygen atoms in total. The van der Waals surface area contributed by atoms with Gasteiger partial charge in [0.25, 0.3) is 5.56 Å². The van der Waals surface area contributed by atoms with Crippen molar-refractivity contribution in [2.45, 2.75) is 32.2 Å². The first-order chi connectivity index (χ1) is 8.06. The maximum atomic E-state index is 12.0. The van der Waals surface area contributed by atoms with Gasteiger partial charge in [-0.2, -0.15) is 0 Å². The van der Waals surface area contributed by atoms with Gasteiger partial charge in [-0.3, -0.25) is 4.79 Å². The van der Waals surface area contributed by atoms with E-state index in [1.54, 1.807) is 6.07 Å². The minimum Gasteiger partial charge on any atom is -0.313 e. The number of alkyl halides is 1. The molecule has 1 saturated carbocycles. The molecule has 1 aliphatic rings. The molecule has 1 heterocycles. The lowest BCUT2D eigenvalue weighted by Gasteiger charge is -2.27. The van der Waals surface area contributed by atoms with Gasteiger partial charge >= 0.3 is 0 Å². The van der Waals surface area contributed by atoms with E-state index < -0.39 is 0 Å². The van der Waals surface area contributed by atoms with Gasteiger partial charge in [0.1, 0.15) is 0 Å². The van der Waals surface area contributed by atoms with Gasteiger partial charge < -0.3 is 4.57 Å². The Kier molecular flexibility index (Phi) is 4.53. The third-order valence-corrected chi connectivity index (χ3v) is 5.65. The predicted molar refractivity (Wildman–Crippen MR) is 80.8 cm³/mol. The zero-order valence-corrected chi connectivity index (χ0v) is 14.1. The Hall–Kier alpha value is 0.390. The van der Waals surface area contributed by atoms with Crippen LogP contribution < -0.4 is 5.56 Å². The first-order valence-electron chi connectivity index (χ1n) is 5.68. The van der Waals surface area contributed by atoms with E-state index in [4.69, 9.17) is 0 Å². The lowest BCUT2D eigenvalue weighted by Crippen LogP contribution is -2.31. The van der Waals surface area contributed by atoms with Crippen molar-refractivity contribution in [2.24, 2.45) is 5.41 Å². The maximum absolute atomic E-state index is 12.0. The normalized spacial score (nSPS) is 18.5. The van der Waals surface area contributed by atoms with Crippen LogP contribution >= 0.6 is 47.8 Å². The average Bonchev–Trinajstić information content (AvgIpc) is 2.74. The molecule has 5 heteroatoms. The summed E-state index contributed by atoms with van der Waals surface area (Å²) in [5.41, 5.74) is 0.310. The number of pyridine rings is 1. The highest BCUT2D eigenvalue weighted by atomic mass is 79.9. The molecule has 0 bridgehead atoms. The van der Waals surface area contributed by atoms with E-state index in [1.165, 1.54) is 25.7 Å². The van der Waals surface area contributed by atoms with Crippen LogP contribution in [0.2, 0.25) is 0 Å². The molecule has 0 aromatic carbocycles. The fourth-order valence-electron chi connectivity index (χ4n) is 2.50.